The smallest absolute Gasteiger partial charge is 0.240 e. The summed E-state index contributed by atoms with van der Waals surface area (Å²) in [4.78, 5) is -0.307. The van der Waals surface area contributed by atoms with Crippen molar-refractivity contribution in [2.45, 2.75) is 4.90 Å². The first-order valence-corrected chi connectivity index (χ1v) is 7.07. The highest BCUT2D eigenvalue weighted by atomic mass is 32.2. The molecule has 0 atom stereocenters. The summed E-state index contributed by atoms with van der Waals surface area (Å²) in [6.07, 6.45) is 0. The Kier molecular flexibility index (Phi) is 3.79. The predicted octanol–water partition coefficient (Wildman–Crippen LogP) is 2.08. The first-order valence-electron chi connectivity index (χ1n) is 5.52. The lowest BCUT2D eigenvalue weighted by atomic mass is 10.2. The Hall–Kier alpha value is -2.26. The second kappa shape index (κ2) is 5.26. The molecular weight excluding hydrogens is 307 g/mol. The van der Waals surface area contributed by atoms with Crippen LogP contribution in [0, 0.1) is 17.5 Å². The standard InChI is InChI=1S/C12H10F3N3O2S/c13-6-3-8(14)12(15)10(4-6)18-7-1-2-11(9(16)5-7)21(17,19)20/h1-5,18H,16H2,(H2,17,19,20). The number of nitrogen functional groups attached to an aromatic ring is 1. The lowest BCUT2D eigenvalue weighted by molar-refractivity contribution is 0.498. The largest absolute Gasteiger partial charge is 0.398 e. The molecule has 0 aliphatic carbocycles. The van der Waals surface area contributed by atoms with Gasteiger partial charge in [-0.15, -0.1) is 0 Å². The summed E-state index contributed by atoms with van der Waals surface area (Å²) in [5.41, 5.74) is 5.03. The maximum absolute atomic E-state index is 13.5. The van der Waals surface area contributed by atoms with Crippen molar-refractivity contribution >= 4 is 27.1 Å². The second-order valence-corrected chi connectivity index (χ2v) is 5.70. The van der Waals surface area contributed by atoms with Crippen LogP contribution >= 0.6 is 0 Å². The molecule has 0 aliphatic rings. The number of nitrogens with one attached hydrogen (secondary N) is 1. The molecule has 2 aromatic rings. The molecule has 0 saturated heterocycles. The number of primary sulfonamides is 1. The van der Waals surface area contributed by atoms with E-state index in [-0.39, 0.29) is 16.3 Å². The lowest BCUT2D eigenvalue weighted by Gasteiger charge is -2.10. The van der Waals surface area contributed by atoms with Gasteiger partial charge in [-0.05, 0) is 18.2 Å². The molecule has 0 saturated carbocycles. The molecule has 0 aliphatic heterocycles. The van der Waals surface area contributed by atoms with Crippen molar-refractivity contribution in [3.8, 4) is 0 Å². The molecule has 112 valence electrons. The molecule has 0 bridgehead atoms. The van der Waals surface area contributed by atoms with E-state index < -0.39 is 33.2 Å². The fourth-order valence-corrected chi connectivity index (χ4v) is 2.33. The Morgan fingerprint density at radius 3 is 2.29 bits per heavy atom. The molecule has 9 heteroatoms. The van der Waals surface area contributed by atoms with Crippen LogP contribution in [0.3, 0.4) is 0 Å². The molecule has 0 fully saturated rings. The van der Waals surface area contributed by atoms with Gasteiger partial charge in [-0.2, -0.15) is 0 Å². The molecule has 0 radical (unpaired) electrons. The maximum atomic E-state index is 13.5. The first kappa shape index (κ1) is 15.1. The Morgan fingerprint density at radius 1 is 1.05 bits per heavy atom. The fraction of sp³-hybridized carbons (Fsp3) is 0. The third kappa shape index (κ3) is 3.26. The van der Waals surface area contributed by atoms with Crippen LogP contribution in [0.2, 0.25) is 0 Å². The SMILES string of the molecule is Nc1cc(Nc2cc(F)cc(F)c2F)ccc1S(N)(=O)=O. The van der Waals surface area contributed by atoms with Gasteiger partial charge in [-0.3, -0.25) is 0 Å². The summed E-state index contributed by atoms with van der Waals surface area (Å²) in [5.74, 6) is -3.59. The number of nitrogens with two attached hydrogens (primary N) is 2. The Bertz CT molecular complexity index is 810. The van der Waals surface area contributed by atoms with Gasteiger partial charge < -0.3 is 11.1 Å². The van der Waals surface area contributed by atoms with Gasteiger partial charge in [0.25, 0.3) is 0 Å². The quantitative estimate of drug-likeness (QED) is 0.596. The number of hydrogen-bond acceptors (Lipinski definition) is 4. The Morgan fingerprint density at radius 2 is 1.71 bits per heavy atom. The molecule has 5 nitrogen and oxygen atoms in total. The average Bonchev–Trinajstić information content (AvgIpc) is 2.33. The van der Waals surface area contributed by atoms with E-state index in [1.165, 1.54) is 6.07 Å². The number of sulfonamides is 1. The van der Waals surface area contributed by atoms with Crippen molar-refractivity contribution in [1.82, 2.24) is 0 Å². The van der Waals surface area contributed by atoms with Crippen LogP contribution in [0.4, 0.5) is 30.2 Å². The van der Waals surface area contributed by atoms with Crippen LogP contribution in [-0.4, -0.2) is 8.42 Å². The van der Waals surface area contributed by atoms with E-state index in [1.54, 1.807) is 0 Å². The highest BCUT2D eigenvalue weighted by Gasteiger charge is 2.14. The van der Waals surface area contributed by atoms with E-state index in [1.807, 2.05) is 0 Å². The molecule has 21 heavy (non-hydrogen) atoms. The van der Waals surface area contributed by atoms with E-state index in [0.29, 0.717) is 6.07 Å². The maximum Gasteiger partial charge on any atom is 0.240 e. The van der Waals surface area contributed by atoms with Gasteiger partial charge in [0.2, 0.25) is 10.0 Å². The van der Waals surface area contributed by atoms with Crippen molar-refractivity contribution in [3.05, 3.63) is 47.8 Å². The van der Waals surface area contributed by atoms with Gasteiger partial charge in [0.15, 0.2) is 11.6 Å². The summed E-state index contributed by atoms with van der Waals surface area (Å²) >= 11 is 0. The third-order valence-corrected chi connectivity index (χ3v) is 3.57. The number of benzene rings is 2. The minimum Gasteiger partial charge on any atom is -0.398 e. The van der Waals surface area contributed by atoms with Crippen molar-refractivity contribution in [2.75, 3.05) is 11.1 Å². The van der Waals surface area contributed by atoms with E-state index in [4.69, 9.17) is 10.9 Å². The van der Waals surface area contributed by atoms with Gasteiger partial charge in [0.1, 0.15) is 10.7 Å². The molecule has 0 spiro atoms. The molecule has 0 aromatic heterocycles. The zero-order chi connectivity index (χ0) is 15.8. The molecular formula is C12H10F3N3O2S. The molecule has 0 amide bonds. The van der Waals surface area contributed by atoms with Crippen LogP contribution in [0.5, 0.6) is 0 Å². The first-order chi connectivity index (χ1) is 9.68. The zero-order valence-electron chi connectivity index (χ0n) is 10.4. The normalized spacial score (nSPS) is 11.4. The number of anilines is 3. The molecule has 0 unspecified atom stereocenters. The van der Waals surface area contributed by atoms with Crippen LogP contribution < -0.4 is 16.2 Å². The third-order valence-electron chi connectivity index (χ3n) is 2.59. The fourth-order valence-electron chi connectivity index (χ4n) is 1.69. The van der Waals surface area contributed by atoms with Gasteiger partial charge >= 0.3 is 0 Å². The van der Waals surface area contributed by atoms with Crippen LogP contribution in [-0.2, 0) is 10.0 Å². The van der Waals surface area contributed by atoms with E-state index in [9.17, 15) is 21.6 Å². The highest BCUT2D eigenvalue weighted by Crippen LogP contribution is 2.27. The van der Waals surface area contributed by atoms with E-state index >= 15 is 0 Å². The molecule has 0 heterocycles. The van der Waals surface area contributed by atoms with Gasteiger partial charge in [0.05, 0.1) is 11.4 Å². The van der Waals surface area contributed by atoms with Crippen molar-refractivity contribution in [2.24, 2.45) is 5.14 Å². The second-order valence-electron chi connectivity index (χ2n) is 4.17. The van der Waals surface area contributed by atoms with E-state index in [2.05, 4.69) is 5.32 Å². The molecule has 2 aromatic carbocycles. The number of rotatable bonds is 3. The monoisotopic (exact) mass is 317 g/mol. The lowest BCUT2D eigenvalue weighted by Crippen LogP contribution is -2.14. The minimum atomic E-state index is -3.99. The molecule has 2 rings (SSSR count). The average molecular weight is 317 g/mol. The zero-order valence-corrected chi connectivity index (χ0v) is 11.2. The summed E-state index contributed by atoms with van der Waals surface area (Å²) in [6.45, 7) is 0. The Balaban J connectivity index is 2.40. The van der Waals surface area contributed by atoms with Crippen LogP contribution in [0.1, 0.15) is 0 Å². The van der Waals surface area contributed by atoms with Crippen LogP contribution in [0.15, 0.2) is 35.2 Å². The number of halogens is 3. The van der Waals surface area contributed by atoms with E-state index in [0.717, 1.165) is 18.2 Å². The minimum absolute atomic E-state index is 0.142. The van der Waals surface area contributed by atoms with Crippen molar-refractivity contribution in [3.63, 3.8) is 0 Å². The summed E-state index contributed by atoms with van der Waals surface area (Å²) in [6, 6.07) is 4.64. The van der Waals surface area contributed by atoms with Crippen molar-refractivity contribution in [1.29, 1.82) is 0 Å². The van der Waals surface area contributed by atoms with Gasteiger partial charge in [-0.25, -0.2) is 26.7 Å². The van der Waals surface area contributed by atoms with Gasteiger partial charge in [-0.1, -0.05) is 0 Å². The van der Waals surface area contributed by atoms with Crippen molar-refractivity contribution < 1.29 is 21.6 Å². The summed E-state index contributed by atoms with van der Waals surface area (Å²) in [7, 11) is -3.99. The highest BCUT2D eigenvalue weighted by molar-refractivity contribution is 7.89. The summed E-state index contributed by atoms with van der Waals surface area (Å²) in [5, 5.41) is 7.34. The topological polar surface area (TPSA) is 98.2 Å². The Labute approximate surface area is 118 Å². The molecule has 5 N–H and O–H groups in total. The van der Waals surface area contributed by atoms with Crippen LogP contribution in [0.25, 0.3) is 0 Å². The predicted molar refractivity (Wildman–Crippen MR) is 71.8 cm³/mol. The number of hydrogen-bond donors (Lipinski definition) is 3. The van der Waals surface area contributed by atoms with Gasteiger partial charge in [0, 0.05) is 17.8 Å². The summed E-state index contributed by atoms with van der Waals surface area (Å²) < 4.78 is 62.0.